The Kier molecular flexibility index (Phi) is 5.09. The van der Waals surface area contributed by atoms with Gasteiger partial charge in [0.05, 0.1) is 7.11 Å². The second kappa shape index (κ2) is 7.61. The first kappa shape index (κ1) is 16.7. The van der Waals surface area contributed by atoms with Gasteiger partial charge in [-0.1, -0.05) is 12.1 Å². The van der Waals surface area contributed by atoms with Gasteiger partial charge in [0.25, 0.3) is 0 Å². The summed E-state index contributed by atoms with van der Waals surface area (Å²) in [6.45, 7) is 1.74. The number of carbonyl (C=O) groups excluding carboxylic acids is 1. The lowest BCUT2D eigenvalue weighted by molar-refractivity contribution is -0.116. The molecule has 1 amide bonds. The quantitative estimate of drug-likeness (QED) is 0.743. The van der Waals surface area contributed by atoms with E-state index in [0.717, 1.165) is 22.6 Å². The topological polar surface area (TPSA) is 77.2 Å². The highest BCUT2D eigenvalue weighted by molar-refractivity contribution is 5.91. The molecule has 0 bridgehead atoms. The molecule has 3 aromatic rings. The van der Waals surface area contributed by atoms with Crippen molar-refractivity contribution in [2.45, 2.75) is 19.8 Å². The molecule has 6 nitrogen and oxygen atoms in total. The van der Waals surface area contributed by atoms with Crippen molar-refractivity contribution in [2.75, 3.05) is 12.4 Å². The molecular formula is C19H19N3O3. The number of hydrogen-bond donors (Lipinski definition) is 1. The summed E-state index contributed by atoms with van der Waals surface area (Å²) < 4.78 is 10.6. The maximum Gasteiger partial charge on any atom is 0.247 e. The summed E-state index contributed by atoms with van der Waals surface area (Å²) in [5, 5.41) is 10.7. The monoisotopic (exact) mass is 337 g/mol. The van der Waals surface area contributed by atoms with Crippen molar-refractivity contribution < 1.29 is 13.9 Å². The Morgan fingerprint density at radius 3 is 2.64 bits per heavy atom. The van der Waals surface area contributed by atoms with Crippen LogP contribution >= 0.6 is 0 Å². The normalized spacial score (nSPS) is 10.5. The predicted octanol–water partition coefficient (Wildman–Crippen LogP) is 3.62. The van der Waals surface area contributed by atoms with Crippen molar-refractivity contribution in [2.24, 2.45) is 0 Å². The van der Waals surface area contributed by atoms with Crippen LogP contribution in [0.3, 0.4) is 0 Å². The molecule has 0 aliphatic rings. The van der Waals surface area contributed by atoms with E-state index in [9.17, 15) is 4.79 Å². The Hall–Kier alpha value is -3.15. The van der Waals surface area contributed by atoms with Crippen LogP contribution in [-0.4, -0.2) is 23.2 Å². The number of aromatic nitrogens is 2. The van der Waals surface area contributed by atoms with Crippen LogP contribution in [0.25, 0.3) is 11.5 Å². The van der Waals surface area contributed by atoms with Crippen molar-refractivity contribution in [1.29, 1.82) is 0 Å². The van der Waals surface area contributed by atoms with E-state index >= 15 is 0 Å². The summed E-state index contributed by atoms with van der Waals surface area (Å²) in [6, 6.07) is 15.0. The summed E-state index contributed by atoms with van der Waals surface area (Å²) in [4.78, 5) is 12.1. The van der Waals surface area contributed by atoms with Gasteiger partial charge in [-0.15, -0.1) is 10.2 Å². The summed E-state index contributed by atoms with van der Waals surface area (Å²) in [6.07, 6.45) is 1.06. The number of benzene rings is 2. The molecular weight excluding hydrogens is 318 g/mol. The smallest absolute Gasteiger partial charge is 0.247 e. The fourth-order valence-corrected chi connectivity index (χ4v) is 2.42. The Morgan fingerprint density at radius 2 is 1.96 bits per heavy atom. The number of nitrogens with zero attached hydrogens (tertiary/aromatic N) is 2. The molecule has 0 aliphatic heterocycles. The molecule has 2 aromatic carbocycles. The van der Waals surface area contributed by atoms with E-state index in [1.165, 1.54) is 0 Å². The Balaban J connectivity index is 1.55. The fraction of sp³-hybridized carbons (Fsp3) is 0.211. The van der Waals surface area contributed by atoms with Gasteiger partial charge in [-0.3, -0.25) is 4.79 Å². The third kappa shape index (κ3) is 4.44. The molecule has 25 heavy (non-hydrogen) atoms. The van der Waals surface area contributed by atoms with Crippen molar-refractivity contribution in [3.63, 3.8) is 0 Å². The van der Waals surface area contributed by atoms with E-state index in [1.807, 2.05) is 48.5 Å². The minimum Gasteiger partial charge on any atom is -0.497 e. The average molecular weight is 337 g/mol. The van der Waals surface area contributed by atoms with E-state index < -0.39 is 0 Å². The van der Waals surface area contributed by atoms with Gasteiger partial charge in [-0.05, 0) is 48.4 Å². The summed E-state index contributed by atoms with van der Waals surface area (Å²) in [5.74, 6) is 1.74. The molecule has 1 aromatic heterocycles. The lowest BCUT2D eigenvalue weighted by Crippen LogP contribution is -2.12. The van der Waals surface area contributed by atoms with Crippen LogP contribution < -0.4 is 10.1 Å². The number of methoxy groups -OCH3 is 1. The molecule has 128 valence electrons. The number of amides is 1. The van der Waals surface area contributed by atoms with Crippen molar-refractivity contribution in [3.8, 4) is 17.2 Å². The summed E-state index contributed by atoms with van der Waals surface area (Å²) in [5.41, 5.74) is 2.61. The first-order valence-corrected chi connectivity index (χ1v) is 7.97. The van der Waals surface area contributed by atoms with Crippen molar-refractivity contribution >= 4 is 11.6 Å². The van der Waals surface area contributed by atoms with Crippen LogP contribution in [0.4, 0.5) is 5.69 Å². The van der Waals surface area contributed by atoms with Gasteiger partial charge < -0.3 is 14.5 Å². The van der Waals surface area contributed by atoms with Gasteiger partial charge in [0, 0.05) is 24.6 Å². The van der Waals surface area contributed by atoms with Gasteiger partial charge >= 0.3 is 0 Å². The maximum atomic E-state index is 12.1. The number of anilines is 1. The lowest BCUT2D eigenvalue weighted by atomic mass is 10.1. The van der Waals surface area contributed by atoms with Gasteiger partial charge in [0.1, 0.15) is 5.75 Å². The highest BCUT2D eigenvalue weighted by Gasteiger charge is 2.07. The summed E-state index contributed by atoms with van der Waals surface area (Å²) >= 11 is 0. The standard InChI is InChI=1S/C19H19N3O3/c1-13-21-22-19(25-13)15-7-9-16(10-8-15)20-18(23)11-6-14-4-3-5-17(12-14)24-2/h3-5,7-10,12H,6,11H2,1-2H3,(H,20,23). The molecule has 0 radical (unpaired) electrons. The van der Waals surface area contributed by atoms with E-state index in [1.54, 1.807) is 14.0 Å². The molecule has 0 unspecified atom stereocenters. The predicted molar refractivity (Wildman–Crippen MR) is 94.4 cm³/mol. The zero-order chi connectivity index (χ0) is 17.6. The Labute approximate surface area is 145 Å². The highest BCUT2D eigenvalue weighted by atomic mass is 16.5. The zero-order valence-electron chi connectivity index (χ0n) is 14.2. The molecule has 3 rings (SSSR count). The first-order valence-electron chi connectivity index (χ1n) is 7.97. The third-order valence-electron chi connectivity index (χ3n) is 3.72. The third-order valence-corrected chi connectivity index (χ3v) is 3.72. The van der Waals surface area contributed by atoms with Gasteiger partial charge in [-0.25, -0.2) is 0 Å². The Bertz CT molecular complexity index is 856. The second-order valence-electron chi connectivity index (χ2n) is 5.60. The minimum atomic E-state index is -0.0378. The number of hydrogen-bond acceptors (Lipinski definition) is 5. The molecule has 1 N–H and O–H groups in total. The fourth-order valence-electron chi connectivity index (χ4n) is 2.42. The van der Waals surface area contributed by atoms with Gasteiger partial charge in [0.2, 0.25) is 17.7 Å². The summed E-state index contributed by atoms with van der Waals surface area (Å²) in [7, 11) is 1.63. The van der Waals surface area contributed by atoms with Crippen LogP contribution in [0.15, 0.2) is 52.9 Å². The number of rotatable bonds is 6. The van der Waals surface area contributed by atoms with Crippen LogP contribution in [0.1, 0.15) is 17.9 Å². The molecule has 0 saturated heterocycles. The highest BCUT2D eigenvalue weighted by Crippen LogP contribution is 2.20. The number of nitrogens with one attached hydrogen (secondary N) is 1. The molecule has 0 spiro atoms. The van der Waals surface area contributed by atoms with Gasteiger partial charge in [0.15, 0.2) is 0 Å². The second-order valence-corrected chi connectivity index (χ2v) is 5.60. The van der Waals surface area contributed by atoms with Crippen molar-refractivity contribution in [1.82, 2.24) is 10.2 Å². The van der Waals surface area contributed by atoms with Crippen molar-refractivity contribution in [3.05, 3.63) is 60.0 Å². The zero-order valence-corrected chi connectivity index (χ0v) is 14.2. The molecule has 0 atom stereocenters. The number of ether oxygens (including phenoxy) is 1. The van der Waals surface area contributed by atoms with Crippen LogP contribution in [0.5, 0.6) is 5.75 Å². The average Bonchev–Trinajstić information content (AvgIpc) is 3.07. The lowest BCUT2D eigenvalue weighted by Gasteiger charge is -2.07. The minimum absolute atomic E-state index is 0.0378. The molecule has 0 fully saturated rings. The molecule has 0 aliphatic carbocycles. The molecule has 0 saturated carbocycles. The first-order chi connectivity index (χ1) is 12.1. The SMILES string of the molecule is COc1cccc(CCC(=O)Nc2ccc(-c3nnc(C)o3)cc2)c1. The Morgan fingerprint density at radius 1 is 1.16 bits per heavy atom. The number of carbonyl (C=O) groups is 1. The van der Waals surface area contributed by atoms with E-state index in [0.29, 0.717) is 24.6 Å². The molecule has 6 heteroatoms. The maximum absolute atomic E-state index is 12.1. The molecule has 1 heterocycles. The van der Waals surface area contributed by atoms with Crippen LogP contribution in [0.2, 0.25) is 0 Å². The largest absolute Gasteiger partial charge is 0.497 e. The van der Waals surface area contributed by atoms with E-state index in [4.69, 9.17) is 9.15 Å². The van der Waals surface area contributed by atoms with E-state index in [-0.39, 0.29) is 5.91 Å². The van der Waals surface area contributed by atoms with Crippen LogP contribution in [-0.2, 0) is 11.2 Å². The number of aryl methyl sites for hydroxylation is 2. The van der Waals surface area contributed by atoms with Crippen LogP contribution in [0, 0.1) is 6.92 Å². The van der Waals surface area contributed by atoms with E-state index in [2.05, 4.69) is 15.5 Å². The van der Waals surface area contributed by atoms with Gasteiger partial charge in [-0.2, -0.15) is 0 Å².